The van der Waals surface area contributed by atoms with Gasteiger partial charge in [-0.15, -0.1) is 0 Å². The van der Waals surface area contributed by atoms with Gasteiger partial charge in [-0.25, -0.2) is 13.1 Å². The van der Waals surface area contributed by atoms with Crippen molar-refractivity contribution in [3.05, 3.63) is 28.3 Å². The summed E-state index contributed by atoms with van der Waals surface area (Å²) in [5.41, 5.74) is 4.99. The fourth-order valence-corrected chi connectivity index (χ4v) is 3.17. The van der Waals surface area contributed by atoms with Gasteiger partial charge in [-0.2, -0.15) is 0 Å². The lowest BCUT2D eigenvalue weighted by Gasteiger charge is -2.12. The van der Waals surface area contributed by atoms with Crippen molar-refractivity contribution in [2.24, 2.45) is 11.8 Å². The molecule has 1 aliphatic rings. The molecular weight excluding hydrogens is 282 g/mol. The first-order valence-corrected chi connectivity index (χ1v) is 7.83. The monoisotopic (exact) mass is 299 g/mol. The number of benzene rings is 1. The Morgan fingerprint density at radius 1 is 1.50 bits per heavy atom. The zero-order valence-corrected chi connectivity index (χ0v) is 11.9. The molecule has 0 amide bonds. The molecule has 1 atom stereocenters. The van der Waals surface area contributed by atoms with E-state index in [1.165, 1.54) is 12.1 Å². The molecule has 1 aromatic carbocycles. The Kier molecular flexibility index (Phi) is 3.96. The highest BCUT2D eigenvalue weighted by Crippen LogP contribution is 2.36. The lowest BCUT2D eigenvalue weighted by atomic mass is 10.1. The van der Waals surface area contributed by atoms with Crippen molar-refractivity contribution in [3.63, 3.8) is 0 Å². The highest BCUT2D eigenvalue weighted by atomic mass is 32.2. The molecule has 1 unspecified atom stereocenters. The largest absolute Gasteiger partial charge is 0.393 e. The molecule has 0 heterocycles. The molecule has 20 heavy (non-hydrogen) atoms. The number of sulfonamides is 1. The first-order valence-electron chi connectivity index (χ1n) is 6.35. The maximum absolute atomic E-state index is 12.1. The summed E-state index contributed by atoms with van der Waals surface area (Å²) in [6, 6.07) is 3.49. The average molecular weight is 299 g/mol. The third-order valence-electron chi connectivity index (χ3n) is 3.53. The Morgan fingerprint density at radius 3 is 2.70 bits per heavy atom. The Hall–Kier alpha value is -1.67. The zero-order chi connectivity index (χ0) is 14.9. The third kappa shape index (κ3) is 3.26. The maximum atomic E-state index is 12.1. The van der Waals surface area contributed by atoms with E-state index >= 15 is 0 Å². The van der Waals surface area contributed by atoms with E-state index in [2.05, 4.69) is 4.72 Å². The van der Waals surface area contributed by atoms with Gasteiger partial charge in [0.2, 0.25) is 10.0 Å². The summed E-state index contributed by atoms with van der Waals surface area (Å²) in [6.07, 6.45) is 2.27. The van der Waals surface area contributed by atoms with E-state index in [1.54, 1.807) is 0 Å². The lowest BCUT2D eigenvalue weighted by Crippen LogP contribution is -2.29. The molecule has 1 aliphatic carbocycles. The Morgan fingerprint density at radius 2 is 2.15 bits per heavy atom. The Balaban J connectivity index is 2.16. The molecule has 0 saturated heterocycles. The number of nitrogens with two attached hydrogens (primary N) is 1. The summed E-state index contributed by atoms with van der Waals surface area (Å²) in [7, 11) is -3.74. The van der Waals surface area contributed by atoms with Crippen LogP contribution < -0.4 is 10.5 Å². The Labute approximate surface area is 117 Å². The first kappa shape index (κ1) is 14.7. The minimum Gasteiger partial charge on any atom is -0.393 e. The summed E-state index contributed by atoms with van der Waals surface area (Å²) in [5, 5.41) is 10.8. The van der Waals surface area contributed by atoms with Crippen LogP contribution in [0.2, 0.25) is 0 Å². The smallest absolute Gasteiger partial charge is 0.293 e. The van der Waals surface area contributed by atoms with Crippen LogP contribution in [0.1, 0.15) is 19.8 Å². The van der Waals surface area contributed by atoms with Crippen LogP contribution in [0.25, 0.3) is 0 Å². The van der Waals surface area contributed by atoms with Crippen molar-refractivity contribution in [2.75, 3.05) is 12.3 Å². The van der Waals surface area contributed by atoms with Gasteiger partial charge in [0.05, 0.1) is 9.82 Å². The van der Waals surface area contributed by atoms with Crippen molar-refractivity contribution >= 4 is 21.4 Å². The van der Waals surface area contributed by atoms with Crippen LogP contribution in [-0.4, -0.2) is 19.9 Å². The quantitative estimate of drug-likeness (QED) is 0.469. The molecule has 0 aromatic heterocycles. The molecule has 8 heteroatoms. The van der Waals surface area contributed by atoms with Crippen molar-refractivity contribution in [1.29, 1.82) is 0 Å². The van der Waals surface area contributed by atoms with E-state index in [-0.39, 0.29) is 16.5 Å². The molecule has 2 rings (SSSR count). The average Bonchev–Trinajstić information content (AvgIpc) is 3.20. The molecule has 0 aliphatic heterocycles. The second-order valence-electron chi connectivity index (χ2n) is 5.14. The van der Waals surface area contributed by atoms with Crippen LogP contribution in [0.4, 0.5) is 11.4 Å². The third-order valence-corrected chi connectivity index (χ3v) is 4.95. The molecule has 1 aromatic rings. The first-order chi connectivity index (χ1) is 9.31. The van der Waals surface area contributed by atoms with Gasteiger partial charge < -0.3 is 5.73 Å². The van der Waals surface area contributed by atoms with Crippen molar-refractivity contribution in [3.8, 4) is 0 Å². The fourth-order valence-electron chi connectivity index (χ4n) is 2.01. The number of nitro groups is 1. The number of nitrogen functional groups attached to an aromatic ring is 1. The maximum Gasteiger partial charge on any atom is 0.293 e. The van der Waals surface area contributed by atoms with Gasteiger partial charge in [0.25, 0.3) is 5.69 Å². The van der Waals surface area contributed by atoms with E-state index in [9.17, 15) is 18.5 Å². The minimum absolute atomic E-state index is 0.0553. The summed E-state index contributed by atoms with van der Waals surface area (Å²) >= 11 is 0. The standard InChI is InChI=1S/C12H17N3O4S/c1-8(9-2-3-9)7-14-20(18,19)10-4-5-11(13)12(6-10)15(16)17/h4-6,8-9,14H,2-3,7,13H2,1H3. The predicted octanol–water partition coefficient (Wildman–Crippen LogP) is 1.50. The lowest BCUT2D eigenvalue weighted by molar-refractivity contribution is -0.384. The van der Waals surface area contributed by atoms with E-state index in [0.717, 1.165) is 18.9 Å². The molecule has 110 valence electrons. The summed E-state index contributed by atoms with van der Waals surface area (Å²) in [6.45, 7) is 2.33. The van der Waals surface area contributed by atoms with Crippen LogP contribution in [0.3, 0.4) is 0 Å². The molecule has 0 bridgehead atoms. The minimum atomic E-state index is -3.74. The molecule has 1 fully saturated rings. The van der Waals surface area contributed by atoms with Gasteiger partial charge in [0.15, 0.2) is 0 Å². The normalized spacial score (nSPS) is 16.9. The number of nitro benzene ring substituents is 1. The van der Waals surface area contributed by atoms with Gasteiger partial charge in [-0.05, 0) is 36.8 Å². The topological polar surface area (TPSA) is 115 Å². The number of nitrogens with zero attached hydrogens (tertiary/aromatic N) is 1. The van der Waals surface area contributed by atoms with Gasteiger partial charge in [-0.1, -0.05) is 6.92 Å². The number of hydrogen-bond acceptors (Lipinski definition) is 5. The van der Waals surface area contributed by atoms with E-state index in [4.69, 9.17) is 5.73 Å². The molecular formula is C12H17N3O4S. The van der Waals surface area contributed by atoms with Gasteiger partial charge in [0, 0.05) is 12.6 Å². The number of nitrogens with one attached hydrogen (secondary N) is 1. The number of rotatable bonds is 6. The van der Waals surface area contributed by atoms with E-state index < -0.39 is 20.6 Å². The van der Waals surface area contributed by atoms with Crippen LogP contribution in [0.15, 0.2) is 23.1 Å². The van der Waals surface area contributed by atoms with E-state index in [1.807, 2.05) is 6.92 Å². The SMILES string of the molecule is CC(CNS(=O)(=O)c1ccc(N)c([N+](=O)[O-])c1)C1CC1. The summed E-state index contributed by atoms with van der Waals surface area (Å²) in [5.74, 6) is 0.854. The second-order valence-corrected chi connectivity index (χ2v) is 6.91. The van der Waals surface area contributed by atoms with Crippen LogP contribution in [0.5, 0.6) is 0 Å². The van der Waals surface area contributed by atoms with Crippen LogP contribution in [0, 0.1) is 22.0 Å². The van der Waals surface area contributed by atoms with Crippen molar-refractivity contribution in [2.45, 2.75) is 24.7 Å². The van der Waals surface area contributed by atoms with Crippen molar-refractivity contribution < 1.29 is 13.3 Å². The highest BCUT2D eigenvalue weighted by molar-refractivity contribution is 7.89. The molecule has 0 spiro atoms. The fraction of sp³-hybridized carbons (Fsp3) is 0.500. The molecule has 1 saturated carbocycles. The zero-order valence-electron chi connectivity index (χ0n) is 11.1. The summed E-state index contributed by atoms with van der Waals surface area (Å²) in [4.78, 5) is 9.94. The van der Waals surface area contributed by atoms with Crippen LogP contribution >= 0.6 is 0 Å². The number of hydrogen-bond donors (Lipinski definition) is 2. The highest BCUT2D eigenvalue weighted by Gasteiger charge is 2.29. The van der Waals surface area contributed by atoms with Gasteiger partial charge >= 0.3 is 0 Å². The van der Waals surface area contributed by atoms with Gasteiger partial charge in [0.1, 0.15) is 5.69 Å². The molecule has 3 N–H and O–H groups in total. The second kappa shape index (κ2) is 5.37. The van der Waals surface area contributed by atoms with Gasteiger partial charge in [-0.3, -0.25) is 10.1 Å². The number of anilines is 1. The molecule has 7 nitrogen and oxygen atoms in total. The van der Waals surface area contributed by atoms with Crippen molar-refractivity contribution in [1.82, 2.24) is 4.72 Å². The molecule has 0 radical (unpaired) electrons. The van der Waals surface area contributed by atoms with Crippen LogP contribution in [-0.2, 0) is 10.0 Å². The summed E-state index contributed by atoms with van der Waals surface area (Å²) < 4.78 is 26.7. The van der Waals surface area contributed by atoms with E-state index in [0.29, 0.717) is 12.5 Å². The Bertz CT molecular complexity index is 626. The predicted molar refractivity (Wildman–Crippen MR) is 74.6 cm³/mol.